The number of rotatable bonds is 5. The molecule has 3 amide bonds. The highest BCUT2D eigenvalue weighted by Gasteiger charge is 2.28. The Morgan fingerprint density at radius 1 is 1.03 bits per heavy atom. The van der Waals surface area contributed by atoms with E-state index in [1.165, 1.54) is 0 Å². The fraction of sp³-hybridized carbons (Fsp3) is 0.280. The molecule has 1 aliphatic rings. The zero-order valence-electron chi connectivity index (χ0n) is 17.6. The van der Waals surface area contributed by atoms with Crippen molar-refractivity contribution in [3.8, 4) is 5.75 Å². The van der Waals surface area contributed by atoms with Crippen LogP contribution in [0.5, 0.6) is 5.75 Å². The summed E-state index contributed by atoms with van der Waals surface area (Å²) in [4.78, 5) is 27.0. The topological polar surface area (TPSA) is 70.7 Å². The van der Waals surface area contributed by atoms with Crippen molar-refractivity contribution in [1.82, 2.24) is 10.2 Å². The molecule has 160 valence electrons. The number of ether oxygens (including phenoxy) is 1. The number of hydrogen-bond acceptors (Lipinski definition) is 3. The van der Waals surface area contributed by atoms with Gasteiger partial charge in [0.2, 0.25) is 5.91 Å². The lowest BCUT2D eigenvalue weighted by atomic mass is 9.97. The molecule has 3 aromatic rings. The molecule has 31 heavy (non-hydrogen) atoms. The zero-order chi connectivity index (χ0) is 21.6. The van der Waals surface area contributed by atoms with Gasteiger partial charge in [-0.25, -0.2) is 4.79 Å². The highest BCUT2D eigenvalue weighted by Crippen LogP contribution is 2.22. The van der Waals surface area contributed by atoms with E-state index < -0.39 is 0 Å². The van der Waals surface area contributed by atoms with Crippen LogP contribution in [0, 0.1) is 5.92 Å². The molecule has 1 saturated heterocycles. The number of methoxy groups -OCH3 is 1. The van der Waals surface area contributed by atoms with E-state index in [-0.39, 0.29) is 17.9 Å². The van der Waals surface area contributed by atoms with E-state index >= 15 is 0 Å². The van der Waals surface area contributed by atoms with Crippen molar-refractivity contribution >= 4 is 28.4 Å². The molecule has 1 unspecified atom stereocenters. The Bertz CT molecular complexity index is 1070. The van der Waals surface area contributed by atoms with Gasteiger partial charge in [0.1, 0.15) is 5.75 Å². The van der Waals surface area contributed by atoms with Crippen LogP contribution in [0.15, 0.2) is 66.7 Å². The number of amides is 3. The van der Waals surface area contributed by atoms with Crippen LogP contribution < -0.4 is 15.4 Å². The molecule has 0 aliphatic carbocycles. The van der Waals surface area contributed by atoms with Crippen molar-refractivity contribution in [2.45, 2.75) is 19.4 Å². The van der Waals surface area contributed by atoms with Crippen molar-refractivity contribution in [2.24, 2.45) is 5.92 Å². The van der Waals surface area contributed by atoms with Crippen molar-refractivity contribution in [3.05, 3.63) is 72.3 Å². The Morgan fingerprint density at radius 3 is 2.61 bits per heavy atom. The maximum atomic E-state index is 12.8. The molecule has 1 aliphatic heterocycles. The number of hydrogen-bond donors (Lipinski definition) is 2. The molecule has 0 spiro atoms. The van der Waals surface area contributed by atoms with Crippen LogP contribution in [0.3, 0.4) is 0 Å². The molecule has 2 N–H and O–H groups in total. The predicted octanol–water partition coefficient (Wildman–Crippen LogP) is 4.41. The minimum Gasteiger partial charge on any atom is -0.497 e. The predicted molar refractivity (Wildman–Crippen MR) is 122 cm³/mol. The number of benzene rings is 3. The summed E-state index contributed by atoms with van der Waals surface area (Å²) in [6.45, 7) is 1.56. The molecule has 0 radical (unpaired) electrons. The van der Waals surface area contributed by atoms with Gasteiger partial charge >= 0.3 is 6.03 Å². The molecule has 4 rings (SSSR count). The molecule has 0 bridgehead atoms. The summed E-state index contributed by atoms with van der Waals surface area (Å²) in [6.07, 6.45) is 1.61. The maximum absolute atomic E-state index is 12.8. The summed E-state index contributed by atoms with van der Waals surface area (Å²) >= 11 is 0. The fourth-order valence-corrected chi connectivity index (χ4v) is 3.94. The molecular weight excluding hydrogens is 390 g/mol. The number of urea groups is 1. The second kappa shape index (κ2) is 9.51. The number of anilines is 1. The van der Waals surface area contributed by atoms with E-state index in [1.807, 2.05) is 60.7 Å². The molecule has 0 aromatic heterocycles. The number of carbonyl (C=O) groups excluding carboxylic acids is 2. The second-order valence-corrected chi connectivity index (χ2v) is 7.85. The number of fused-ring (bicyclic) bond motifs is 1. The number of para-hydroxylation sites is 1. The van der Waals surface area contributed by atoms with Crippen LogP contribution in [0.25, 0.3) is 10.8 Å². The first-order valence-corrected chi connectivity index (χ1v) is 10.6. The Hall–Kier alpha value is -3.54. The Kier molecular flexibility index (Phi) is 6.36. The number of piperidine rings is 1. The monoisotopic (exact) mass is 417 g/mol. The normalized spacial score (nSPS) is 16.0. The highest BCUT2D eigenvalue weighted by atomic mass is 16.5. The summed E-state index contributed by atoms with van der Waals surface area (Å²) in [5, 5.41) is 8.15. The molecule has 1 atom stereocenters. The van der Waals surface area contributed by atoms with Crippen molar-refractivity contribution in [1.29, 1.82) is 0 Å². The molecule has 1 fully saturated rings. The smallest absolute Gasteiger partial charge is 0.321 e. The van der Waals surface area contributed by atoms with Crippen LogP contribution in [-0.4, -0.2) is 37.0 Å². The van der Waals surface area contributed by atoms with Crippen LogP contribution >= 0.6 is 0 Å². The first-order chi connectivity index (χ1) is 15.1. The summed E-state index contributed by atoms with van der Waals surface area (Å²) in [6, 6.07) is 21.3. The third-order valence-corrected chi connectivity index (χ3v) is 5.68. The average molecular weight is 418 g/mol. The van der Waals surface area contributed by atoms with Gasteiger partial charge in [-0.05, 0) is 59.5 Å². The quantitative estimate of drug-likeness (QED) is 0.646. The Balaban J connectivity index is 1.33. The lowest BCUT2D eigenvalue weighted by molar-refractivity contribution is -0.126. The number of likely N-dealkylation sites (tertiary alicyclic amines) is 1. The van der Waals surface area contributed by atoms with E-state index in [1.54, 1.807) is 12.0 Å². The zero-order valence-corrected chi connectivity index (χ0v) is 17.6. The SMILES string of the molecule is COc1ccc2cc(CNC(=O)C3CCCN(C(=O)Nc4ccccc4)C3)ccc2c1. The van der Waals surface area contributed by atoms with Gasteiger partial charge in [0.15, 0.2) is 0 Å². The second-order valence-electron chi connectivity index (χ2n) is 7.85. The number of nitrogens with zero attached hydrogens (tertiary/aromatic N) is 1. The van der Waals surface area contributed by atoms with Gasteiger partial charge in [-0.2, -0.15) is 0 Å². The summed E-state index contributed by atoms with van der Waals surface area (Å²) in [7, 11) is 1.66. The molecule has 6 nitrogen and oxygen atoms in total. The number of carbonyl (C=O) groups is 2. The standard InChI is InChI=1S/C25H27N3O3/c1-31-23-12-11-19-14-18(9-10-20(19)15-23)16-26-24(29)21-6-5-13-28(17-21)25(30)27-22-7-3-2-4-8-22/h2-4,7-12,14-15,21H,5-6,13,16-17H2,1H3,(H,26,29)(H,27,30). The minimum absolute atomic E-state index is 0.00737. The third kappa shape index (κ3) is 5.15. The highest BCUT2D eigenvalue weighted by molar-refractivity contribution is 5.90. The Morgan fingerprint density at radius 2 is 1.81 bits per heavy atom. The largest absolute Gasteiger partial charge is 0.497 e. The van der Waals surface area contributed by atoms with Crippen molar-refractivity contribution in [3.63, 3.8) is 0 Å². The van der Waals surface area contributed by atoms with E-state index in [0.29, 0.717) is 19.6 Å². The Labute approximate surface area is 182 Å². The lowest BCUT2D eigenvalue weighted by Crippen LogP contribution is -2.46. The average Bonchev–Trinajstić information content (AvgIpc) is 2.82. The maximum Gasteiger partial charge on any atom is 0.321 e. The van der Waals surface area contributed by atoms with Gasteiger partial charge < -0.3 is 20.3 Å². The first kappa shape index (κ1) is 20.7. The van der Waals surface area contributed by atoms with Gasteiger partial charge in [0, 0.05) is 25.3 Å². The lowest BCUT2D eigenvalue weighted by Gasteiger charge is -2.32. The first-order valence-electron chi connectivity index (χ1n) is 10.6. The number of nitrogens with one attached hydrogen (secondary N) is 2. The van der Waals surface area contributed by atoms with Crippen molar-refractivity contribution < 1.29 is 14.3 Å². The van der Waals surface area contributed by atoms with E-state index in [0.717, 1.165) is 40.6 Å². The molecular formula is C25H27N3O3. The molecule has 6 heteroatoms. The van der Waals surface area contributed by atoms with Crippen molar-refractivity contribution in [2.75, 3.05) is 25.5 Å². The van der Waals surface area contributed by atoms with E-state index in [9.17, 15) is 9.59 Å². The van der Waals surface area contributed by atoms with Gasteiger partial charge in [0.25, 0.3) is 0 Å². The molecule has 1 heterocycles. The third-order valence-electron chi connectivity index (χ3n) is 5.68. The fourth-order valence-electron chi connectivity index (χ4n) is 3.94. The van der Waals surface area contributed by atoms with E-state index in [2.05, 4.69) is 16.7 Å². The van der Waals surface area contributed by atoms with Crippen LogP contribution in [0.1, 0.15) is 18.4 Å². The molecule has 3 aromatic carbocycles. The van der Waals surface area contributed by atoms with E-state index in [4.69, 9.17) is 4.74 Å². The van der Waals surface area contributed by atoms with Crippen LogP contribution in [0.4, 0.5) is 10.5 Å². The summed E-state index contributed by atoms with van der Waals surface area (Å²) in [5.74, 6) is 0.624. The van der Waals surface area contributed by atoms with Gasteiger partial charge in [-0.3, -0.25) is 4.79 Å². The van der Waals surface area contributed by atoms with Gasteiger partial charge in [0.05, 0.1) is 13.0 Å². The molecule has 0 saturated carbocycles. The van der Waals surface area contributed by atoms with Crippen LogP contribution in [0.2, 0.25) is 0 Å². The van der Waals surface area contributed by atoms with Crippen LogP contribution in [-0.2, 0) is 11.3 Å². The van der Waals surface area contributed by atoms with Gasteiger partial charge in [-0.15, -0.1) is 0 Å². The van der Waals surface area contributed by atoms with Gasteiger partial charge in [-0.1, -0.05) is 36.4 Å². The summed E-state index contributed by atoms with van der Waals surface area (Å²) < 4.78 is 5.27. The minimum atomic E-state index is -0.194. The summed E-state index contributed by atoms with van der Waals surface area (Å²) in [5.41, 5.74) is 1.80.